The summed E-state index contributed by atoms with van der Waals surface area (Å²) >= 11 is 0. The summed E-state index contributed by atoms with van der Waals surface area (Å²) < 4.78 is 6.93. The Kier molecular flexibility index (Phi) is 1.94. The first-order valence-corrected chi connectivity index (χ1v) is 4.85. The fraction of sp³-hybridized carbons (Fsp3) is 0.111. The predicted molar refractivity (Wildman–Crippen MR) is 58.5 cm³/mol. The lowest BCUT2D eigenvalue weighted by atomic mass is 10.3. The monoisotopic (exact) mass is 231 g/mol. The second-order valence-corrected chi connectivity index (χ2v) is 3.51. The Morgan fingerprint density at radius 3 is 2.94 bits per heavy atom. The van der Waals surface area contributed by atoms with Crippen LogP contribution in [0.5, 0.6) is 0 Å². The number of hydrogen-bond acceptors (Lipinski definition) is 6. The zero-order valence-corrected chi connectivity index (χ0v) is 8.95. The van der Waals surface area contributed by atoms with Gasteiger partial charge in [0.15, 0.2) is 0 Å². The number of nitrogens with zero attached hydrogens (tertiary/aromatic N) is 5. The van der Waals surface area contributed by atoms with E-state index >= 15 is 0 Å². The number of aromatic nitrogens is 6. The van der Waals surface area contributed by atoms with Gasteiger partial charge in [0.25, 0.3) is 5.89 Å². The number of H-pyrrole nitrogens is 1. The van der Waals surface area contributed by atoms with Crippen molar-refractivity contribution in [1.82, 2.24) is 29.9 Å². The number of anilines is 1. The van der Waals surface area contributed by atoms with Crippen LogP contribution in [0.25, 0.3) is 23.0 Å². The van der Waals surface area contributed by atoms with Gasteiger partial charge in [0.2, 0.25) is 5.82 Å². The second-order valence-electron chi connectivity index (χ2n) is 3.51. The van der Waals surface area contributed by atoms with Crippen LogP contribution in [0.4, 0.5) is 5.82 Å². The van der Waals surface area contributed by atoms with Crippen LogP contribution in [0.15, 0.2) is 23.2 Å². The van der Waals surface area contributed by atoms with Crippen LogP contribution in [0.3, 0.4) is 0 Å². The Bertz CT molecular complexity index is 595. The summed E-state index contributed by atoms with van der Waals surface area (Å²) in [5.41, 5.74) is 7.02. The number of nitrogens with one attached hydrogen (secondary N) is 1. The minimum atomic E-state index is 0.326. The number of rotatable bonds is 2. The van der Waals surface area contributed by atoms with Gasteiger partial charge in [0, 0.05) is 7.05 Å². The topological polar surface area (TPSA) is 111 Å². The third-order valence-corrected chi connectivity index (χ3v) is 2.37. The van der Waals surface area contributed by atoms with Gasteiger partial charge in [0.1, 0.15) is 17.1 Å². The van der Waals surface area contributed by atoms with Gasteiger partial charge in [-0.25, -0.2) is 4.98 Å². The molecule has 0 fully saturated rings. The van der Waals surface area contributed by atoms with Crippen LogP contribution in [-0.4, -0.2) is 29.9 Å². The average molecular weight is 231 g/mol. The van der Waals surface area contributed by atoms with Gasteiger partial charge in [-0.1, -0.05) is 5.16 Å². The van der Waals surface area contributed by atoms with Gasteiger partial charge in [0.05, 0.1) is 18.7 Å². The molecule has 3 aromatic rings. The van der Waals surface area contributed by atoms with Crippen molar-refractivity contribution < 1.29 is 4.52 Å². The van der Waals surface area contributed by atoms with Crippen molar-refractivity contribution in [3.63, 3.8) is 0 Å². The maximum Gasteiger partial charge on any atom is 0.263 e. The SMILES string of the molecule is Cn1cncc1-c1noc(-c2cn[nH]c2N)n1. The van der Waals surface area contributed by atoms with Gasteiger partial charge in [-0.05, 0) is 0 Å². The number of aromatic amines is 1. The van der Waals surface area contributed by atoms with E-state index < -0.39 is 0 Å². The molecule has 0 saturated carbocycles. The van der Waals surface area contributed by atoms with E-state index in [1.54, 1.807) is 17.1 Å². The fourth-order valence-electron chi connectivity index (χ4n) is 1.48. The summed E-state index contributed by atoms with van der Waals surface area (Å²) in [7, 11) is 1.85. The number of nitrogen functional groups attached to an aromatic ring is 1. The van der Waals surface area contributed by atoms with Crippen molar-refractivity contribution in [2.45, 2.75) is 0 Å². The molecule has 0 amide bonds. The summed E-state index contributed by atoms with van der Waals surface area (Å²) in [5.74, 6) is 1.18. The van der Waals surface area contributed by atoms with E-state index in [2.05, 4.69) is 25.3 Å². The van der Waals surface area contributed by atoms with Crippen molar-refractivity contribution in [1.29, 1.82) is 0 Å². The molecular formula is C9H9N7O. The maximum absolute atomic E-state index is 5.67. The number of imidazole rings is 1. The lowest BCUT2D eigenvalue weighted by molar-refractivity contribution is 0.432. The highest BCUT2D eigenvalue weighted by Crippen LogP contribution is 2.24. The Morgan fingerprint density at radius 1 is 1.41 bits per heavy atom. The minimum absolute atomic E-state index is 0.326. The highest BCUT2D eigenvalue weighted by Gasteiger charge is 2.15. The van der Waals surface area contributed by atoms with E-state index in [1.165, 1.54) is 6.20 Å². The largest absolute Gasteiger partial charge is 0.383 e. The number of nitrogens with two attached hydrogens (primary N) is 1. The smallest absolute Gasteiger partial charge is 0.263 e. The van der Waals surface area contributed by atoms with E-state index in [1.807, 2.05) is 7.05 Å². The summed E-state index contributed by atoms with van der Waals surface area (Å²) in [6.45, 7) is 0. The van der Waals surface area contributed by atoms with E-state index in [4.69, 9.17) is 10.3 Å². The predicted octanol–water partition coefficient (Wildman–Crippen LogP) is 0.442. The first-order valence-electron chi connectivity index (χ1n) is 4.85. The van der Waals surface area contributed by atoms with Crippen molar-refractivity contribution in [2.24, 2.45) is 7.05 Å². The molecule has 0 aliphatic heterocycles. The van der Waals surface area contributed by atoms with Crippen molar-refractivity contribution in [3.05, 3.63) is 18.7 Å². The number of aryl methyl sites for hydroxylation is 1. The molecular weight excluding hydrogens is 222 g/mol. The molecule has 0 aliphatic carbocycles. The molecule has 0 unspecified atom stereocenters. The Labute approximate surface area is 95.5 Å². The van der Waals surface area contributed by atoms with Gasteiger partial charge in [-0.2, -0.15) is 10.1 Å². The van der Waals surface area contributed by atoms with E-state index in [9.17, 15) is 0 Å². The van der Waals surface area contributed by atoms with Crippen LogP contribution in [0.2, 0.25) is 0 Å². The summed E-state index contributed by atoms with van der Waals surface area (Å²) in [6, 6.07) is 0. The van der Waals surface area contributed by atoms with Crippen LogP contribution in [-0.2, 0) is 7.05 Å². The molecule has 3 aromatic heterocycles. The zero-order chi connectivity index (χ0) is 11.8. The first-order chi connectivity index (χ1) is 8.25. The van der Waals surface area contributed by atoms with E-state index in [-0.39, 0.29) is 0 Å². The molecule has 3 N–H and O–H groups in total. The van der Waals surface area contributed by atoms with Crippen molar-refractivity contribution in [2.75, 3.05) is 5.73 Å². The molecule has 0 atom stereocenters. The number of hydrogen-bond donors (Lipinski definition) is 2. The van der Waals surface area contributed by atoms with E-state index in [0.717, 1.165) is 5.69 Å². The lowest BCUT2D eigenvalue weighted by Gasteiger charge is -1.93. The molecule has 86 valence electrons. The molecule has 0 aromatic carbocycles. The third kappa shape index (κ3) is 1.46. The molecule has 0 radical (unpaired) electrons. The minimum Gasteiger partial charge on any atom is -0.383 e. The average Bonchev–Trinajstić information content (AvgIpc) is 2.97. The Balaban J connectivity index is 2.05. The summed E-state index contributed by atoms with van der Waals surface area (Å²) in [4.78, 5) is 8.22. The molecule has 17 heavy (non-hydrogen) atoms. The molecule has 3 heterocycles. The molecule has 0 spiro atoms. The zero-order valence-electron chi connectivity index (χ0n) is 8.95. The van der Waals surface area contributed by atoms with Gasteiger partial charge in [-0.3, -0.25) is 5.10 Å². The lowest BCUT2D eigenvalue weighted by Crippen LogP contribution is -1.91. The standard InChI is InChI=1S/C9H9N7O/c1-16-4-11-3-6(16)8-13-9(17-15-8)5-2-12-14-7(5)10/h2-4H,1H3,(H3,10,12,14). The van der Waals surface area contributed by atoms with Crippen LogP contribution in [0, 0.1) is 0 Å². The quantitative estimate of drug-likeness (QED) is 0.662. The molecule has 0 bridgehead atoms. The molecule has 0 aliphatic rings. The fourth-order valence-corrected chi connectivity index (χ4v) is 1.48. The molecule has 3 rings (SSSR count). The first kappa shape index (κ1) is 9.58. The normalized spacial score (nSPS) is 10.9. The van der Waals surface area contributed by atoms with Crippen LogP contribution < -0.4 is 5.73 Å². The third-order valence-electron chi connectivity index (χ3n) is 2.37. The van der Waals surface area contributed by atoms with E-state index in [0.29, 0.717) is 23.1 Å². The summed E-state index contributed by atoms with van der Waals surface area (Å²) in [6.07, 6.45) is 4.86. The molecule has 0 saturated heterocycles. The maximum atomic E-state index is 5.67. The van der Waals surface area contributed by atoms with Gasteiger partial charge >= 0.3 is 0 Å². The van der Waals surface area contributed by atoms with Crippen molar-refractivity contribution >= 4 is 5.82 Å². The highest BCUT2D eigenvalue weighted by atomic mass is 16.5. The molecule has 8 heteroatoms. The van der Waals surface area contributed by atoms with Gasteiger partial charge < -0.3 is 14.8 Å². The van der Waals surface area contributed by atoms with Gasteiger partial charge in [-0.15, -0.1) is 0 Å². The second kappa shape index (κ2) is 3.44. The molecule has 8 nitrogen and oxygen atoms in total. The van der Waals surface area contributed by atoms with Crippen molar-refractivity contribution in [3.8, 4) is 23.0 Å². The highest BCUT2D eigenvalue weighted by molar-refractivity contribution is 5.67. The van der Waals surface area contributed by atoms with Crippen LogP contribution in [0.1, 0.15) is 0 Å². The van der Waals surface area contributed by atoms with Crippen LogP contribution >= 0.6 is 0 Å². The Morgan fingerprint density at radius 2 is 2.29 bits per heavy atom. The summed E-state index contributed by atoms with van der Waals surface area (Å²) in [5, 5.41) is 10.3. The Hall–Kier alpha value is -2.64.